The fourth-order valence-corrected chi connectivity index (χ4v) is 17.0. The summed E-state index contributed by atoms with van der Waals surface area (Å²) in [4.78, 5) is 0. The van der Waals surface area contributed by atoms with Gasteiger partial charge in [-0.05, 0) is 111 Å². The second-order valence-corrected chi connectivity index (χ2v) is 26.2. The normalized spacial score (nSPS) is 58.1. The molecule has 11 aliphatic rings. The van der Waals surface area contributed by atoms with Crippen molar-refractivity contribution in [2.75, 3.05) is 33.0 Å². The van der Waals surface area contributed by atoms with Crippen LogP contribution in [0.15, 0.2) is 0 Å². The summed E-state index contributed by atoms with van der Waals surface area (Å²) in [6.45, 7) is 8.99. The molecule has 4 saturated carbocycles. The van der Waals surface area contributed by atoms with Gasteiger partial charge in [-0.25, -0.2) is 0 Å². The molecule has 0 unspecified atom stereocenters. The first-order valence-electron chi connectivity index (χ1n) is 29.5. The predicted octanol–water partition coefficient (Wildman–Crippen LogP) is -2.78. The van der Waals surface area contributed by atoms with E-state index in [2.05, 4.69) is 27.7 Å². The Balaban J connectivity index is 0.830. The molecule has 13 N–H and O–H groups in total. The van der Waals surface area contributed by atoms with Crippen LogP contribution in [0, 0.1) is 52.3 Å². The molecule has 0 aromatic heterocycles. The Labute approximate surface area is 465 Å². The quantitative estimate of drug-likeness (QED) is 0.0879. The number of aliphatic hydroxyl groups excluding tert-OH is 13. The Hall–Kier alpha value is -1.00. The molecule has 460 valence electrons. The molecule has 11 fully saturated rings. The number of fused-ring (bicyclic) bond motifs is 7. The summed E-state index contributed by atoms with van der Waals surface area (Å²) in [7, 11) is 0. The van der Waals surface area contributed by atoms with Crippen molar-refractivity contribution in [2.45, 2.75) is 258 Å². The van der Waals surface area contributed by atoms with Crippen LogP contribution in [0.2, 0.25) is 0 Å². The van der Waals surface area contributed by atoms with Crippen LogP contribution in [0.5, 0.6) is 0 Å². The Morgan fingerprint density at radius 1 is 0.475 bits per heavy atom. The Kier molecular flexibility index (Phi) is 17.9. The van der Waals surface area contributed by atoms with Crippen molar-refractivity contribution in [1.82, 2.24) is 0 Å². The molecule has 0 aromatic rings. The van der Waals surface area contributed by atoms with Gasteiger partial charge in [-0.3, -0.25) is 0 Å². The molecule has 25 nitrogen and oxygen atoms in total. The summed E-state index contributed by atoms with van der Waals surface area (Å²) in [6.07, 6.45) is -29.8. The second kappa shape index (κ2) is 23.6. The van der Waals surface area contributed by atoms with E-state index in [0.717, 1.165) is 58.0 Å². The smallest absolute Gasteiger partial charge is 0.187 e. The van der Waals surface area contributed by atoms with Gasteiger partial charge in [0.2, 0.25) is 0 Å². The van der Waals surface area contributed by atoms with Crippen LogP contribution in [-0.2, 0) is 56.8 Å². The van der Waals surface area contributed by atoms with Gasteiger partial charge in [0.15, 0.2) is 37.2 Å². The van der Waals surface area contributed by atoms with E-state index in [1.165, 1.54) is 6.92 Å². The summed E-state index contributed by atoms with van der Waals surface area (Å²) in [5.74, 6) is 2.69. The van der Waals surface area contributed by atoms with Crippen molar-refractivity contribution >= 4 is 0 Å². The minimum absolute atomic E-state index is 0.0136. The fourth-order valence-electron chi connectivity index (χ4n) is 17.0. The lowest BCUT2D eigenvalue weighted by Crippen LogP contribution is -2.68. The monoisotopic (exact) mass is 1150 g/mol. The first-order chi connectivity index (χ1) is 38.0. The average molecular weight is 1150 g/mol. The van der Waals surface area contributed by atoms with E-state index in [1.54, 1.807) is 0 Å². The molecule has 11 rings (SSSR count). The molecular weight excluding hydrogens is 1060 g/mol. The highest BCUT2D eigenvalue weighted by atomic mass is 16.8. The second-order valence-electron chi connectivity index (χ2n) is 26.2. The van der Waals surface area contributed by atoms with E-state index in [1.807, 2.05) is 0 Å². The van der Waals surface area contributed by atoms with Crippen molar-refractivity contribution < 1.29 is 123 Å². The average Bonchev–Trinajstić information content (AvgIpc) is 4.13. The molecule has 4 aliphatic carbocycles. The Morgan fingerprint density at radius 2 is 1.07 bits per heavy atom. The molecule has 7 saturated heterocycles. The maximum absolute atomic E-state index is 12.6. The maximum Gasteiger partial charge on any atom is 0.187 e. The van der Waals surface area contributed by atoms with E-state index in [0.29, 0.717) is 48.3 Å². The van der Waals surface area contributed by atoms with Crippen LogP contribution < -0.4 is 0 Å². The summed E-state index contributed by atoms with van der Waals surface area (Å²) >= 11 is 0. The van der Waals surface area contributed by atoms with Crippen molar-refractivity contribution in [3.63, 3.8) is 0 Å². The number of aliphatic hydroxyl groups is 13. The molecule has 35 atom stereocenters. The van der Waals surface area contributed by atoms with Gasteiger partial charge in [0.1, 0.15) is 104 Å². The maximum atomic E-state index is 12.6. The lowest BCUT2D eigenvalue weighted by Gasteiger charge is -2.61. The van der Waals surface area contributed by atoms with Crippen molar-refractivity contribution in [1.29, 1.82) is 0 Å². The number of hydrogen-bond acceptors (Lipinski definition) is 25. The van der Waals surface area contributed by atoms with E-state index in [9.17, 15) is 66.4 Å². The van der Waals surface area contributed by atoms with Crippen LogP contribution in [0.1, 0.15) is 98.8 Å². The SMILES string of the molecule is C[C@H]1CC[C@@]2(OC1)O[C@H]1C[C@H]3[C@@H]4CC[C@H]5C[C@@H](O[C@@H]6O[C@H](CO)[C@H](O[C@@H]7O[C@H](CO)[C@@H](O)[C@H](O[C@@H]8OC[C@@H](O)[C@H](O)[C@H]8O)[C@H]7O[C@@H]7OC[C@H](O)[C@H](O)[C@H]7O)[C@H](O)[C@H]6O[C@@H]6O[C@@H](C)[C@H](O)[C@@H](O)[C@H]6O)CC[C@]5(C)[C@H]4CC[C@]3(C)[C@H]1[C@@H]2C. The molecule has 0 radical (unpaired) electrons. The Morgan fingerprint density at radius 3 is 1.73 bits per heavy atom. The van der Waals surface area contributed by atoms with Crippen LogP contribution in [0.4, 0.5) is 0 Å². The third kappa shape index (κ3) is 10.6. The van der Waals surface area contributed by atoms with E-state index in [-0.39, 0.29) is 22.9 Å². The molecule has 1 spiro atoms. The van der Waals surface area contributed by atoms with Gasteiger partial charge in [0, 0.05) is 12.3 Å². The number of rotatable bonds is 12. The van der Waals surface area contributed by atoms with Crippen molar-refractivity contribution in [2.24, 2.45) is 52.3 Å². The molecule has 7 aliphatic heterocycles. The topological polar surface area (TPSA) is 374 Å². The molecule has 25 heteroatoms. The lowest BCUT2D eigenvalue weighted by atomic mass is 9.44. The number of hydrogen-bond donors (Lipinski definition) is 13. The van der Waals surface area contributed by atoms with Crippen LogP contribution in [0.3, 0.4) is 0 Å². The Bertz CT molecular complexity index is 2080. The summed E-state index contributed by atoms with van der Waals surface area (Å²) in [6, 6.07) is 0. The van der Waals surface area contributed by atoms with Crippen LogP contribution >= 0.6 is 0 Å². The summed E-state index contributed by atoms with van der Waals surface area (Å²) in [5.41, 5.74) is 0.170. The van der Waals surface area contributed by atoms with Gasteiger partial charge in [0.25, 0.3) is 0 Å². The third-order valence-corrected chi connectivity index (χ3v) is 21.7. The highest BCUT2D eigenvalue weighted by molar-refractivity contribution is 5.16. The first kappa shape index (κ1) is 60.7. The largest absolute Gasteiger partial charge is 0.394 e. The van der Waals surface area contributed by atoms with Crippen molar-refractivity contribution in [3.8, 4) is 0 Å². The zero-order chi connectivity index (χ0) is 57.1. The van der Waals surface area contributed by atoms with Gasteiger partial charge in [-0.15, -0.1) is 0 Å². The zero-order valence-electron chi connectivity index (χ0n) is 46.3. The van der Waals surface area contributed by atoms with Gasteiger partial charge in [0.05, 0.1) is 51.3 Å². The standard InChI is InChI=1S/C55H90O25/c1-21-8-13-55(71-18-21)22(2)34-31(80-55)15-28-26-7-6-24-14-25(9-11-53(24,4)27(26)10-12-54(28,34)5)73-51-46(78-50-42(67)39(64)35(60)23(3)72-50)43(68)44(33(17-57)75-51)76-52-47(79-49-41(66)37(62)30(59)20-70-49)45(38(63)32(16-56)74-52)77-48-40(65)36(61)29(58)19-69-48/h21-52,56-68H,6-20H2,1-5H3/t21-,22-,23-,24-,25-,26+,27-,28-,29+,30-,31-,32+,33+,34-,35-,36-,37-,38+,39+,40+,41+,42+,43-,44-,45-,46+,47+,48-,49-,50-,51+,52-,53-,54-,55+/m0/s1. The van der Waals surface area contributed by atoms with Crippen LogP contribution in [-0.4, -0.2) is 259 Å². The van der Waals surface area contributed by atoms with E-state index < -0.39 is 180 Å². The molecular formula is C55H90O25. The van der Waals surface area contributed by atoms with E-state index >= 15 is 0 Å². The number of ether oxygens (including phenoxy) is 12. The highest BCUT2D eigenvalue weighted by Crippen LogP contribution is 2.71. The molecule has 80 heavy (non-hydrogen) atoms. The van der Waals surface area contributed by atoms with Gasteiger partial charge >= 0.3 is 0 Å². The summed E-state index contributed by atoms with van der Waals surface area (Å²) < 4.78 is 74.8. The molecule has 0 aromatic carbocycles. The zero-order valence-corrected chi connectivity index (χ0v) is 46.3. The van der Waals surface area contributed by atoms with Gasteiger partial charge < -0.3 is 123 Å². The highest BCUT2D eigenvalue weighted by Gasteiger charge is 2.69. The minimum atomic E-state index is -1.93. The predicted molar refractivity (Wildman–Crippen MR) is 267 cm³/mol. The molecule has 0 bridgehead atoms. The molecule has 7 heterocycles. The van der Waals surface area contributed by atoms with Crippen molar-refractivity contribution in [3.05, 3.63) is 0 Å². The van der Waals surface area contributed by atoms with E-state index in [4.69, 9.17) is 56.8 Å². The van der Waals surface area contributed by atoms with Gasteiger partial charge in [-0.2, -0.15) is 0 Å². The first-order valence-corrected chi connectivity index (χ1v) is 29.5. The fraction of sp³-hybridized carbons (Fsp3) is 1.00. The van der Waals surface area contributed by atoms with Gasteiger partial charge in [-0.1, -0.05) is 27.7 Å². The van der Waals surface area contributed by atoms with Crippen LogP contribution in [0.25, 0.3) is 0 Å². The minimum Gasteiger partial charge on any atom is -0.394 e. The lowest BCUT2D eigenvalue weighted by molar-refractivity contribution is -0.408. The molecule has 0 amide bonds. The third-order valence-electron chi connectivity index (χ3n) is 21.7. The summed E-state index contributed by atoms with van der Waals surface area (Å²) in [5, 5.41) is 142.